The third-order valence-corrected chi connectivity index (χ3v) is 4.25. The highest BCUT2D eigenvalue weighted by Gasteiger charge is 2.11. The Labute approximate surface area is 158 Å². The number of nitrogens with zero attached hydrogens (tertiary/aromatic N) is 4. The number of amides is 1. The smallest absolute Gasteiger partial charge is 0.251 e. The van der Waals surface area contributed by atoms with Crippen LogP contribution in [0.25, 0.3) is 0 Å². The van der Waals surface area contributed by atoms with Gasteiger partial charge in [0.15, 0.2) is 5.82 Å². The molecule has 0 bridgehead atoms. The fourth-order valence-electron chi connectivity index (χ4n) is 2.81. The Kier molecular flexibility index (Phi) is 5.69. The number of hydrogen-bond acceptors (Lipinski definition) is 5. The van der Waals surface area contributed by atoms with Gasteiger partial charge in [-0.3, -0.25) is 9.48 Å². The molecular weight excluding hydrogens is 342 g/mol. The second-order valence-electron chi connectivity index (χ2n) is 6.99. The maximum absolute atomic E-state index is 12.4. The molecule has 1 N–H and O–H groups in total. The summed E-state index contributed by atoms with van der Waals surface area (Å²) in [7, 11) is 0. The van der Waals surface area contributed by atoms with E-state index < -0.39 is 0 Å². The third kappa shape index (κ3) is 4.81. The van der Waals surface area contributed by atoms with Crippen molar-refractivity contribution in [2.75, 3.05) is 6.54 Å². The van der Waals surface area contributed by atoms with Crippen molar-refractivity contribution in [1.29, 1.82) is 0 Å². The molecule has 2 aromatic heterocycles. The highest BCUT2D eigenvalue weighted by Crippen LogP contribution is 2.11. The Bertz CT molecular complexity index is 926. The van der Waals surface area contributed by atoms with Crippen LogP contribution in [0.15, 0.2) is 34.9 Å². The van der Waals surface area contributed by atoms with Gasteiger partial charge in [0.05, 0.1) is 12.2 Å². The van der Waals surface area contributed by atoms with E-state index in [1.54, 1.807) is 0 Å². The first-order valence-corrected chi connectivity index (χ1v) is 9.13. The van der Waals surface area contributed by atoms with Gasteiger partial charge in [-0.2, -0.15) is 10.1 Å². The average Bonchev–Trinajstić information content (AvgIpc) is 3.22. The maximum Gasteiger partial charge on any atom is 0.251 e. The van der Waals surface area contributed by atoms with Crippen molar-refractivity contribution in [3.63, 3.8) is 0 Å². The molecule has 0 atom stereocenters. The van der Waals surface area contributed by atoms with Crippen LogP contribution in [0, 0.1) is 13.8 Å². The maximum atomic E-state index is 12.4. The number of rotatable bonds is 7. The first kappa shape index (κ1) is 18.8. The van der Waals surface area contributed by atoms with Gasteiger partial charge in [-0.1, -0.05) is 31.1 Å². The molecule has 0 unspecified atom stereocenters. The quantitative estimate of drug-likeness (QED) is 0.694. The van der Waals surface area contributed by atoms with E-state index in [-0.39, 0.29) is 11.8 Å². The van der Waals surface area contributed by atoms with Crippen molar-refractivity contribution in [2.24, 2.45) is 0 Å². The minimum absolute atomic E-state index is 0.117. The van der Waals surface area contributed by atoms with Crippen LogP contribution < -0.4 is 5.32 Å². The van der Waals surface area contributed by atoms with Crippen LogP contribution in [0.5, 0.6) is 0 Å². The van der Waals surface area contributed by atoms with Crippen molar-refractivity contribution < 1.29 is 9.32 Å². The largest absolute Gasteiger partial charge is 0.352 e. The van der Waals surface area contributed by atoms with Gasteiger partial charge in [-0.15, -0.1) is 0 Å². The van der Waals surface area contributed by atoms with E-state index in [1.165, 1.54) is 0 Å². The molecule has 7 nitrogen and oxygen atoms in total. The molecule has 2 heterocycles. The van der Waals surface area contributed by atoms with Gasteiger partial charge < -0.3 is 9.84 Å². The molecule has 7 heteroatoms. The van der Waals surface area contributed by atoms with Gasteiger partial charge >= 0.3 is 0 Å². The zero-order chi connectivity index (χ0) is 19.4. The summed E-state index contributed by atoms with van der Waals surface area (Å²) >= 11 is 0. The summed E-state index contributed by atoms with van der Waals surface area (Å²) in [5.74, 6) is 1.33. The zero-order valence-corrected chi connectivity index (χ0v) is 16.2. The van der Waals surface area contributed by atoms with Crippen LogP contribution >= 0.6 is 0 Å². The van der Waals surface area contributed by atoms with Crippen LogP contribution in [0.2, 0.25) is 0 Å². The van der Waals surface area contributed by atoms with Crippen LogP contribution in [0.4, 0.5) is 0 Å². The first-order valence-electron chi connectivity index (χ1n) is 9.13. The van der Waals surface area contributed by atoms with Crippen LogP contribution in [0.1, 0.15) is 58.8 Å². The Balaban J connectivity index is 1.57. The van der Waals surface area contributed by atoms with E-state index >= 15 is 0 Å². The van der Waals surface area contributed by atoms with Crippen LogP contribution in [0.3, 0.4) is 0 Å². The van der Waals surface area contributed by atoms with Gasteiger partial charge in [0.25, 0.3) is 5.91 Å². The Morgan fingerprint density at radius 1 is 1.26 bits per heavy atom. The Hall–Kier alpha value is -2.96. The van der Waals surface area contributed by atoms with E-state index in [0.717, 1.165) is 17.0 Å². The summed E-state index contributed by atoms with van der Waals surface area (Å²) in [6.07, 6.45) is 0.511. The fourth-order valence-corrected chi connectivity index (χ4v) is 2.81. The molecule has 0 saturated heterocycles. The molecule has 1 aromatic carbocycles. The van der Waals surface area contributed by atoms with E-state index in [2.05, 4.69) is 20.6 Å². The summed E-state index contributed by atoms with van der Waals surface area (Å²) in [5.41, 5.74) is 3.75. The second kappa shape index (κ2) is 8.16. The van der Waals surface area contributed by atoms with E-state index in [9.17, 15) is 4.79 Å². The molecule has 0 aliphatic rings. The second-order valence-corrected chi connectivity index (χ2v) is 6.99. The lowest BCUT2D eigenvalue weighted by Crippen LogP contribution is -2.26. The first-order chi connectivity index (χ1) is 12.9. The summed E-state index contributed by atoms with van der Waals surface area (Å²) in [5, 5.41) is 11.3. The van der Waals surface area contributed by atoms with E-state index in [4.69, 9.17) is 4.52 Å². The van der Waals surface area contributed by atoms with E-state index in [0.29, 0.717) is 36.8 Å². The Morgan fingerprint density at radius 2 is 2.07 bits per heavy atom. The van der Waals surface area contributed by atoms with Gasteiger partial charge in [-0.05, 0) is 37.6 Å². The molecule has 0 saturated carbocycles. The highest BCUT2D eigenvalue weighted by atomic mass is 16.5. The molecular formula is C20H25N5O2. The average molecular weight is 367 g/mol. The van der Waals surface area contributed by atoms with Crippen LogP contribution in [-0.4, -0.2) is 32.4 Å². The predicted octanol–water partition coefficient (Wildman–Crippen LogP) is 3.03. The van der Waals surface area contributed by atoms with Crippen molar-refractivity contribution in [2.45, 2.75) is 46.6 Å². The predicted molar refractivity (Wildman–Crippen MR) is 102 cm³/mol. The van der Waals surface area contributed by atoms with Gasteiger partial charge in [0.1, 0.15) is 0 Å². The minimum atomic E-state index is -0.117. The lowest BCUT2D eigenvalue weighted by atomic mass is 10.1. The monoisotopic (exact) mass is 367 g/mol. The van der Waals surface area contributed by atoms with Gasteiger partial charge in [0.2, 0.25) is 5.89 Å². The molecule has 3 rings (SSSR count). The van der Waals surface area contributed by atoms with Gasteiger partial charge in [-0.25, -0.2) is 0 Å². The molecule has 1 amide bonds. The number of aromatic nitrogens is 4. The number of aryl methyl sites for hydroxylation is 2. The SMILES string of the molecule is Cc1cc(C)n(Cc2cccc(C(=O)NCCc3nc(C(C)C)no3)c2)n1. The topological polar surface area (TPSA) is 85.8 Å². The molecule has 3 aromatic rings. The normalized spacial score (nSPS) is 11.1. The Morgan fingerprint density at radius 3 is 2.74 bits per heavy atom. The number of carbonyl (C=O) groups excluding carboxylic acids is 1. The van der Waals surface area contributed by atoms with Crippen molar-refractivity contribution >= 4 is 5.91 Å². The lowest BCUT2D eigenvalue weighted by molar-refractivity contribution is 0.0953. The molecule has 0 radical (unpaired) electrons. The number of carbonyl (C=O) groups is 1. The summed E-state index contributed by atoms with van der Waals surface area (Å²) in [6, 6.07) is 9.64. The van der Waals surface area contributed by atoms with E-state index in [1.807, 2.05) is 62.7 Å². The molecule has 142 valence electrons. The highest BCUT2D eigenvalue weighted by molar-refractivity contribution is 5.94. The van der Waals surface area contributed by atoms with Crippen LogP contribution in [-0.2, 0) is 13.0 Å². The molecule has 27 heavy (non-hydrogen) atoms. The summed E-state index contributed by atoms with van der Waals surface area (Å²) < 4.78 is 7.13. The number of nitrogens with one attached hydrogen (secondary N) is 1. The number of hydrogen-bond donors (Lipinski definition) is 1. The zero-order valence-electron chi connectivity index (χ0n) is 16.2. The lowest BCUT2D eigenvalue weighted by Gasteiger charge is -2.08. The number of benzene rings is 1. The minimum Gasteiger partial charge on any atom is -0.352 e. The summed E-state index contributed by atoms with van der Waals surface area (Å²) in [6.45, 7) is 9.10. The molecule has 0 aliphatic heterocycles. The third-order valence-electron chi connectivity index (χ3n) is 4.25. The fraction of sp³-hybridized carbons (Fsp3) is 0.400. The van der Waals surface area contributed by atoms with Crippen molar-refractivity contribution in [3.8, 4) is 0 Å². The standard InChI is InChI=1S/C20H25N5O2/c1-13(2)19-22-18(27-24-19)8-9-21-20(26)17-7-5-6-16(11-17)12-25-15(4)10-14(3)23-25/h5-7,10-11,13H,8-9,12H2,1-4H3,(H,21,26). The van der Waals surface area contributed by atoms with Crippen molar-refractivity contribution in [3.05, 3.63) is 64.6 Å². The molecule has 0 aliphatic carbocycles. The molecule has 0 fully saturated rings. The molecule has 0 spiro atoms. The summed E-state index contributed by atoms with van der Waals surface area (Å²) in [4.78, 5) is 16.7. The van der Waals surface area contributed by atoms with Gasteiger partial charge in [0, 0.05) is 30.1 Å². The van der Waals surface area contributed by atoms with Crippen molar-refractivity contribution in [1.82, 2.24) is 25.2 Å².